The maximum absolute atomic E-state index is 11.6. The van der Waals surface area contributed by atoms with Crippen LogP contribution in [0.25, 0.3) is 10.4 Å². The number of aliphatic carboxylic acids is 1. The van der Waals surface area contributed by atoms with Gasteiger partial charge in [-0.15, -0.1) is 11.3 Å². The molecule has 1 aromatic heterocycles. The third kappa shape index (κ3) is 4.91. The minimum absolute atomic E-state index is 0.0151. The number of hydrogen-bond donors (Lipinski definition) is 3. The molecule has 8 nitrogen and oxygen atoms in total. The fraction of sp³-hybridized carbons (Fsp3) is 0.381. The summed E-state index contributed by atoms with van der Waals surface area (Å²) in [5.41, 5.74) is 2.34. The first-order chi connectivity index (χ1) is 14.3. The predicted octanol–water partition coefficient (Wildman–Crippen LogP) is 3.31. The Balaban J connectivity index is 1.80. The molecule has 30 heavy (non-hydrogen) atoms. The van der Waals surface area contributed by atoms with Crippen molar-refractivity contribution in [1.29, 1.82) is 0 Å². The molecule has 1 amide bonds. The van der Waals surface area contributed by atoms with Crippen molar-refractivity contribution in [3.8, 4) is 16.2 Å². The van der Waals surface area contributed by atoms with Crippen molar-refractivity contribution in [2.75, 3.05) is 25.0 Å². The first-order valence-electron chi connectivity index (χ1n) is 9.60. The van der Waals surface area contributed by atoms with Crippen molar-refractivity contribution < 1.29 is 29.3 Å². The number of piperidine rings is 1. The molecule has 0 radical (unpaired) electrons. The maximum Gasteiger partial charge on any atom is 0.349 e. The van der Waals surface area contributed by atoms with E-state index in [-0.39, 0.29) is 22.6 Å². The van der Waals surface area contributed by atoms with Gasteiger partial charge in [0.25, 0.3) is 0 Å². The van der Waals surface area contributed by atoms with E-state index in [1.807, 2.05) is 29.2 Å². The highest BCUT2D eigenvalue weighted by Gasteiger charge is 2.24. The third-order valence-corrected chi connectivity index (χ3v) is 6.37. The first kappa shape index (κ1) is 21.6. The molecule has 0 atom stereocenters. The van der Waals surface area contributed by atoms with Crippen LogP contribution in [-0.4, -0.2) is 58.7 Å². The number of rotatable bonds is 7. The van der Waals surface area contributed by atoms with E-state index in [0.29, 0.717) is 5.56 Å². The topological polar surface area (TPSA) is 116 Å². The van der Waals surface area contributed by atoms with Gasteiger partial charge in [-0.05, 0) is 37.5 Å². The molecule has 2 aromatic rings. The van der Waals surface area contributed by atoms with Crippen molar-refractivity contribution in [2.24, 2.45) is 0 Å². The Kier molecular flexibility index (Phi) is 6.61. The van der Waals surface area contributed by atoms with Gasteiger partial charge in [-0.1, -0.05) is 12.1 Å². The summed E-state index contributed by atoms with van der Waals surface area (Å²) < 4.78 is 5.26. The molecular formula is C21H24N2O6S. The molecule has 0 bridgehead atoms. The fourth-order valence-electron chi connectivity index (χ4n) is 3.55. The Bertz CT molecular complexity index is 962. The van der Waals surface area contributed by atoms with E-state index in [1.54, 1.807) is 13.8 Å². The van der Waals surface area contributed by atoms with E-state index in [0.717, 1.165) is 53.4 Å². The minimum atomic E-state index is -1.17. The van der Waals surface area contributed by atoms with Crippen LogP contribution in [0.5, 0.6) is 5.75 Å². The zero-order chi connectivity index (χ0) is 21.8. The lowest BCUT2D eigenvalue weighted by atomic mass is 10.0. The standard InChI is InChI=1S/C21H24N2O6S/c1-12-18(29-11-17(25)26)20(21(27)28)30-19(12)14-4-3-5-16(10-14)22-15-6-8-23(9-7-15)13(2)24/h3-5,10,15,22H,6-9,11H2,1-2H3,(H,25,26)(H,27,28). The number of ether oxygens (including phenoxy) is 1. The van der Waals surface area contributed by atoms with Crippen LogP contribution in [0.4, 0.5) is 5.69 Å². The smallest absolute Gasteiger partial charge is 0.349 e. The monoisotopic (exact) mass is 432 g/mol. The second-order valence-corrected chi connectivity index (χ2v) is 8.23. The SMILES string of the molecule is CC(=O)N1CCC(Nc2cccc(-c3sc(C(=O)O)c(OCC(=O)O)c3C)c2)CC1. The molecule has 0 unspecified atom stereocenters. The summed E-state index contributed by atoms with van der Waals surface area (Å²) in [5.74, 6) is -2.12. The van der Waals surface area contributed by atoms with Gasteiger partial charge in [0.15, 0.2) is 11.5 Å². The van der Waals surface area contributed by atoms with E-state index in [1.165, 1.54) is 0 Å². The van der Waals surface area contributed by atoms with Gasteiger partial charge in [0.2, 0.25) is 5.91 Å². The zero-order valence-corrected chi connectivity index (χ0v) is 17.6. The van der Waals surface area contributed by atoms with Crippen molar-refractivity contribution in [3.63, 3.8) is 0 Å². The number of carboxylic acids is 2. The number of likely N-dealkylation sites (tertiary alicyclic amines) is 1. The molecule has 1 aliphatic heterocycles. The lowest BCUT2D eigenvalue weighted by Gasteiger charge is -2.32. The van der Waals surface area contributed by atoms with Crippen LogP contribution in [0.3, 0.4) is 0 Å². The summed E-state index contributed by atoms with van der Waals surface area (Å²) in [6, 6.07) is 7.92. The Morgan fingerprint density at radius 2 is 1.93 bits per heavy atom. The summed E-state index contributed by atoms with van der Waals surface area (Å²) >= 11 is 1.07. The molecule has 160 valence electrons. The number of anilines is 1. The molecule has 9 heteroatoms. The van der Waals surface area contributed by atoms with Crippen LogP contribution in [0, 0.1) is 6.92 Å². The van der Waals surface area contributed by atoms with Crippen LogP contribution in [0.2, 0.25) is 0 Å². The molecule has 2 heterocycles. The van der Waals surface area contributed by atoms with E-state index in [2.05, 4.69) is 5.32 Å². The van der Waals surface area contributed by atoms with Crippen molar-refractivity contribution >= 4 is 34.9 Å². The average Bonchev–Trinajstić information content (AvgIpc) is 3.03. The molecule has 1 saturated heterocycles. The molecular weight excluding hydrogens is 408 g/mol. The number of hydrogen-bond acceptors (Lipinski definition) is 6. The highest BCUT2D eigenvalue weighted by Crippen LogP contribution is 2.42. The number of carbonyl (C=O) groups is 3. The summed E-state index contributed by atoms with van der Waals surface area (Å²) in [6.07, 6.45) is 1.72. The Labute approximate surface area is 178 Å². The number of aromatic carboxylic acids is 1. The Morgan fingerprint density at radius 1 is 1.23 bits per heavy atom. The van der Waals surface area contributed by atoms with Crippen LogP contribution in [0.15, 0.2) is 24.3 Å². The Morgan fingerprint density at radius 3 is 2.53 bits per heavy atom. The molecule has 1 fully saturated rings. The van der Waals surface area contributed by atoms with Gasteiger partial charge < -0.3 is 25.2 Å². The maximum atomic E-state index is 11.6. The van der Waals surface area contributed by atoms with E-state index in [4.69, 9.17) is 9.84 Å². The number of nitrogens with one attached hydrogen (secondary N) is 1. The Hall–Kier alpha value is -3.07. The fourth-order valence-corrected chi connectivity index (χ4v) is 4.63. The average molecular weight is 432 g/mol. The van der Waals surface area contributed by atoms with Gasteiger partial charge >= 0.3 is 11.9 Å². The summed E-state index contributed by atoms with van der Waals surface area (Å²) in [4.78, 5) is 36.5. The second kappa shape index (κ2) is 9.17. The van der Waals surface area contributed by atoms with Crippen molar-refractivity contribution in [3.05, 3.63) is 34.7 Å². The molecule has 0 spiro atoms. The largest absolute Gasteiger partial charge is 0.480 e. The number of carbonyl (C=O) groups excluding carboxylic acids is 1. The molecule has 1 aliphatic rings. The number of amides is 1. The minimum Gasteiger partial charge on any atom is -0.480 e. The summed E-state index contributed by atoms with van der Waals surface area (Å²) in [6.45, 7) is 4.16. The van der Waals surface area contributed by atoms with Crippen LogP contribution < -0.4 is 10.1 Å². The van der Waals surface area contributed by atoms with Crippen molar-refractivity contribution in [2.45, 2.75) is 32.7 Å². The van der Waals surface area contributed by atoms with E-state index in [9.17, 15) is 19.5 Å². The van der Waals surface area contributed by atoms with Crippen LogP contribution >= 0.6 is 11.3 Å². The lowest BCUT2D eigenvalue weighted by molar-refractivity contribution is -0.139. The van der Waals surface area contributed by atoms with E-state index >= 15 is 0 Å². The normalized spacial score (nSPS) is 14.4. The van der Waals surface area contributed by atoms with Gasteiger partial charge in [-0.2, -0.15) is 0 Å². The van der Waals surface area contributed by atoms with Gasteiger partial charge in [0.05, 0.1) is 0 Å². The van der Waals surface area contributed by atoms with Crippen LogP contribution in [0.1, 0.15) is 35.0 Å². The molecule has 0 saturated carbocycles. The first-order valence-corrected chi connectivity index (χ1v) is 10.4. The summed E-state index contributed by atoms with van der Waals surface area (Å²) in [7, 11) is 0. The highest BCUT2D eigenvalue weighted by atomic mass is 32.1. The molecule has 3 rings (SSSR count). The molecule has 0 aliphatic carbocycles. The third-order valence-electron chi connectivity index (χ3n) is 5.06. The second-order valence-electron chi connectivity index (χ2n) is 7.21. The number of thiophene rings is 1. The lowest BCUT2D eigenvalue weighted by Crippen LogP contribution is -2.41. The number of nitrogens with zero attached hydrogens (tertiary/aromatic N) is 1. The van der Waals surface area contributed by atoms with E-state index < -0.39 is 18.5 Å². The molecule has 3 N–H and O–H groups in total. The number of carboxylic acid groups (broad SMARTS) is 2. The van der Waals surface area contributed by atoms with Gasteiger partial charge in [-0.3, -0.25) is 4.79 Å². The van der Waals surface area contributed by atoms with Crippen LogP contribution in [-0.2, 0) is 9.59 Å². The zero-order valence-electron chi connectivity index (χ0n) is 16.8. The van der Waals surface area contributed by atoms with Gasteiger partial charge in [0, 0.05) is 42.2 Å². The van der Waals surface area contributed by atoms with Gasteiger partial charge in [-0.25, -0.2) is 9.59 Å². The van der Waals surface area contributed by atoms with Gasteiger partial charge in [0.1, 0.15) is 5.75 Å². The van der Waals surface area contributed by atoms with Crippen molar-refractivity contribution in [1.82, 2.24) is 4.90 Å². The molecule has 1 aromatic carbocycles. The predicted molar refractivity (Wildman–Crippen MR) is 113 cm³/mol. The quantitative estimate of drug-likeness (QED) is 0.615. The number of benzene rings is 1. The summed E-state index contributed by atoms with van der Waals surface area (Å²) in [5, 5.41) is 21.8. The highest BCUT2D eigenvalue weighted by molar-refractivity contribution is 7.18.